The van der Waals surface area contributed by atoms with Crippen LogP contribution >= 0.6 is 0 Å². The van der Waals surface area contributed by atoms with Crippen LogP contribution < -0.4 is 5.32 Å². The maximum Gasteiger partial charge on any atom is 0.254 e. The molecule has 1 fully saturated rings. The number of carbonyl (C=O) groups excluding carboxylic acids is 1. The van der Waals surface area contributed by atoms with Crippen LogP contribution in [0.4, 0.5) is 8.78 Å². The number of ether oxygens (including phenoxy) is 1. The molecule has 6 heteroatoms. The van der Waals surface area contributed by atoms with Gasteiger partial charge in [-0.15, -0.1) is 0 Å². The van der Waals surface area contributed by atoms with E-state index < -0.39 is 17.7 Å². The molecule has 0 unspecified atom stereocenters. The van der Waals surface area contributed by atoms with E-state index in [4.69, 9.17) is 4.74 Å². The molecule has 2 heterocycles. The molecule has 1 aromatic heterocycles. The largest absolute Gasteiger partial charge is 0.380 e. The van der Waals surface area contributed by atoms with E-state index in [1.54, 1.807) is 0 Å². The lowest BCUT2D eigenvalue weighted by Gasteiger charge is -2.38. The summed E-state index contributed by atoms with van der Waals surface area (Å²) in [5.74, 6) is -3.13. The zero-order valence-corrected chi connectivity index (χ0v) is 9.30. The molecule has 0 aliphatic carbocycles. The summed E-state index contributed by atoms with van der Waals surface area (Å²) in [7, 11) is 0. The van der Waals surface area contributed by atoms with Gasteiger partial charge in [0.25, 0.3) is 5.91 Å². The number of nitrogens with zero attached hydrogens (tertiary/aromatic N) is 1. The number of nitrogens with one attached hydrogen (secondary N) is 1. The summed E-state index contributed by atoms with van der Waals surface area (Å²) in [6.07, 6.45) is 1.06. The van der Waals surface area contributed by atoms with E-state index in [0.717, 1.165) is 12.3 Å². The van der Waals surface area contributed by atoms with Gasteiger partial charge < -0.3 is 10.1 Å². The van der Waals surface area contributed by atoms with E-state index in [2.05, 4.69) is 10.3 Å². The van der Waals surface area contributed by atoms with E-state index >= 15 is 0 Å². The van der Waals surface area contributed by atoms with E-state index in [9.17, 15) is 13.6 Å². The van der Waals surface area contributed by atoms with Gasteiger partial charge in [-0.05, 0) is 6.07 Å². The topological polar surface area (TPSA) is 51.2 Å². The Bertz CT molecular complexity index is 447. The van der Waals surface area contributed by atoms with Crippen LogP contribution in [0.1, 0.15) is 17.3 Å². The summed E-state index contributed by atoms with van der Waals surface area (Å²) in [6.45, 7) is 3.43. The maximum atomic E-state index is 13.2. The van der Waals surface area contributed by atoms with Gasteiger partial charge in [-0.1, -0.05) is 6.92 Å². The fourth-order valence-electron chi connectivity index (χ4n) is 1.54. The summed E-state index contributed by atoms with van der Waals surface area (Å²) < 4.78 is 31.1. The Balaban J connectivity index is 2.02. The molecule has 1 N–H and O–H groups in total. The van der Waals surface area contributed by atoms with Gasteiger partial charge >= 0.3 is 0 Å². The van der Waals surface area contributed by atoms with Gasteiger partial charge in [0.05, 0.1) is 18.8 Å². The number of hydrogen-bond acceptors (Lipinski definition) is 3. The van der Waals surface area contributed by atoms with Crippen molar-refractivity contribution in [2.75, 3.05) is 19.8 Å². The Kier molecular flexibility index (Phi) is 3.06. The average Bonchev–Trinajstić information content (AvgIpc) is 2.27. The second-order valence-electron chi connectivity index (χ2n) is 4.45. The normalized spacial score (nSPS) is 17.4. The average molecular weight is 242 g/mol. The van der Waals surface area contributed by atoms with Crippen molar-refractivity contribution in [3.8, 4) is 0 Å². The lowest BCUT2D eigenvalue weighted by molar-refractivity contribution is -0.0978. The zero-order chi connectivity index (χ0) is 12.5. The van der Waals surface area contributed by atoms with Crippen LogP contribution in [0.3, 0.4) is 0 Å². The van der Waals surface area contributed by atoms with Crippen LogP contribution in [0.25, 0.3) is 0 Å². The molecule has 0 saturated carbocycles. The first kappa shape index (κ1) is 11.9. The van der Waals surface area contributed by atoms with Crippen molar-refractivity contribution in [2.24, 2.45) is 5.41 Å². The number of pyridine rings is 1. The van der Waals surface area contributed by atoms with Gasteiger partial charge in [-0.25, -0.2) is 9.37 Å². The fourth-order valence-corrected chi connectivity index (χ4v) is 1.54. The molecule has 0 aromatic carbocycles. The zero-order valence-electron chi connectivity index (χ0n) is 9.30. The highest BCUT2D eigenvalue weighted by atomic mass is 19.2. The number of halogens is 2. The molecular formula is C11H12F2N2O2. The van der Waals surface area contributed by atoms with E-state index in [0.29, 0.717) is 19.8 Å². The van der Waals surface area contributed by atoms with Crippen LogP contribution in [0.5, 0.6) is 0 Å². The minimum absolute atomic E-state index is 0.113. The first-order valence-corrected chi connectivity index (χ1v) is 5.18. The molecule has 2 rings (SSSR count). The Morgan fingerprint density at radius 2 is 2.29 bits per heavy atom. The van der Waals surface area contributed by atoms with Crippen LogP contribution in [0.2, 0.25) is 0 Å². The fraction of sp³-hybridized carbons (Fsp3) is 0.455. The van der Waals surface area contributed by atoms with Crippen molar-refractivity contribution in [1.82, 2.24) is 10.3 Å². The van der Waals surface area contributed by atoms with Crippen molar-refractivity contribution < 1.29 is 18.3 Å². The first-order valence-electron chi connectivity index (χ1n) is 5.18. The van der Waals surface area contributed by atoms with Gasteiger partial charge in [-0.3, -0.25) is 4.79 Å². The maximum absolute atomic E-state index is 13.2. The van der Waals surface area contributed by atoms with E-state index in [-0.39, 0.29) is 11.0 Å². The third-order valence-corrected chi connectivity index (χ3v) is 2.67. The van der Waals surface area contributed by atoms with Crippen molar-refractivity contribution in [3.63, 3.8) is 0 Å². The highest BCUT2D eigenvalue weighted by molar-refractivity contribution is 5.94. The van der Waals surface area contributed by atoms with Gasteiger partial charge in [0.2, 0.25) is 5.95 Å². The van der Waals surface area contributed by atoms with Crippen molar-refractivity contribution in [3.05, 3.63) is 29.6 Å². The Hall–Kier alpha value is -1.56. The predicted molar refractivity (Wildman–Crippen MR) is 55.4 cm³/mol. The molecule has 0 bridgehead atoms. The molecule has 1 aromatic rings. The van der Waals surface area contributed by atoms with E-state index in [1.807, 2.05) is 6.92 Å². The molecule has 4 nitrogen and oxygen atoms in total. The summed E-state index contributed by atoms with van der Waals surface area (Å²) in [6, 6.07) is 1.15. The minimum Gasteiger partial charge on any atom is -0.380 e. The predicted octanol–water partition coefficient (Wildman–Crippen LogP) is 1.13. The smallest absolute Gasteiger partial charge is 0.254 e. The van der Waals surface area contributed by atoms with Crippen LogP contribution in [-0.2, 0) is 4.74 Å². The van der Waals surface area contributed by atoms with Crippen molar-refractivity contribution in [1.29, 1.82) is 0 Å². The lowest BCUT2D eigenvalue weighted by Crippen LogP contribution is -2.48. The van der Waals surface area contributed by atoms with Crippen LogP contribution in [-0.4, -0.2) is 30.6 Å². The molecular weight excluding hydrogens is 230 g/mol. The summed E-state index contributed by atoms with van der Waals surface area (Å²) in [4.78, 5) is 14.7. The van der Waals surface area contributed by atoms with Gasteiger partial charge in [0, 0.05) is 18.2 Å². The second kappa shape index (κ2) is 4.37. The second-order valence-corrected chi connectivity index (χ2v) is 4.45. The third kappa shape index (κ3) is 2.41. The standard InChI is InChI=1S/C11H12F2N2O2/c1-11(5-17-6-11)4-15-10(16)7-2-3-14-9(13)8(7)12/h2-3H,4-6H2,1H3,(H,15,16). The lowest BCUT2D eigenvalue weighted by atomic mass is 9.89. The molecule has 92 valence electrons. The summed E-state index contributed by atoms with van der Waals surface area (Å²) in [5, 5.41) is 2.56. The molecule has 0 spiro atoms. The Labute approximate surface area is 97.0 Å². The van der Waals surface area contributed by atoms with Crippen molar-refractivity contribution in [2.45, 2.75) is 6.92 Å². The Morgan fingerprint density at radius 3 is 2.88 bits per heavy atom. The summed E-state index contributed by atoms with van der Waals surface area (Å²) in [5.41, 5.74) is -0.445. The first-order chi connectivity index (χ1) is 8.02. The Morgan fingerprint density at radius 1 is 1.59 bits per heavy atom. The quantitative estimate of drug-likeness (QED) is 0.808. The van der Waals surface area contributed by atoms with Crippen LogP contribution in [0.15, 0.2) is 12.3 Å². The van der Waals surface area contributed by atoms with Gasteiger partial charge in [0.15, 0.2) is 5.82 Å². The highest BCUT2D eigenvalue weighted by Gasteiger charge is 2.33. The highest BCUT2D eigenvalue weighted by Crippen LogP contribution is 2.25. The monoisotopic (exact) mass is 242 g/mol. The number of amides is 1. The van der Waals surface area contributed by atoms with Crippen molar-refractivity contribution >= 4 is 5.91 Å². The number of hydrogen-bond donors (Lipinski definition) is 1. The molecule has 1 aliphatic heterocycles. The van der Waals surface area contributed by atoms with E-state index in [1.165, 1.54) is 0 Å². The minimum atomic E-state index is -1.27. The molecule has 17 heavy (non-hydrogen) atoms. The number of aromatic nitrogens is 1. The summed E-state index contributed by atoms with van der Waals surface area (Å²) >= 11 is 0. The number of carbonyl (C=O) groups is 1. The molecule has 1 aliphatic rings. The van der Waals surface area contributed by atoms with Crippen LogP contribution in [0, 0.1) is 17.2 Å². The third-order valence-electron chi connectivity index (χ3n) is 2.67. The molecule has 1 amide bonds. The van der Waals surface area contributed by atoms with Gasteiger partial charge in [-0.2, -0.15) is 4.39 Å². The molecule has 0 radical (unpaired) electrons. The molecule has 1 saturated heterocycles. The molecule has 0 atom stereocenters. The van der Waals surface area contributed by atoms with Gasteiger partial charge in [0.1, 0.15) is 0 Å². The number of rotatable bonds is 3. The SMILES string of the molecule is CC1(CNC(=O)c2ccnc(F)c2F)COC1.